The minimum absolute atomic E-state index is 0.475. The Hall–Kier alpha value is -2.88. The van der Waals surface area contributed by atoms with Crippen molar-refractivity contribution in [2.24, 2.45) is 0 Å². The van der Waals surface area contributed by atoms with Gasteiger partial charge in [0.2, 0.25) is 5.95 Å². The Morgan fingerprint density at radius 1 is 1.00 bits per heavy atom. The lowest BCUT2D eigenvalue weighted by Gasteiger charge is -2.12. The summed E-state index contributed by atoms with van der Waals surface area (Å²) in [5.74, 6) is 0.215. The van der Waals surface area contributed by atoms with Crippen LogP contribution in [0.2, 0.25) is 0 Å². The van der Waals surface area contributed by atoms with Gasteiger partial charge in [0.1, 0.15) is 0 Å². The standard InChI is InChI=1S/C20H18FN3/c21-20-9-7-16(12-23-20)14-2-1-3-17(10-14)24-19-8-6-15(11-18(19)22)13-4-5-13/h1-3,6-13,24H,4-5,22H2. The zero-order chi connectivity index (χ0) is 16.5. The molecule has 24 heavy (non-hydrogen) atoms. The molecule has 1 aromatic heterocycles. The first-order chi connectivity index (χ1) is 11.7. The second-order valence-corrected chi connectivity index (χ2v) is 6.20. The second-order valence-electron chi connectivity index (χ2n) is 6.20. The smallest absolute Gasteiger partial charge is 0.212 e. The SMILES string of the molecule is Nc1cc(C2CC2)ccc1Nc1cccc(-c2ccc(F)nc2)c1. The maximum absolute atomic E-state index is 13.0. The Bertz CT molecular complexity index is 870. The number of hydrogen-bond acceptors (Lipinski definition) is 3. The minimum Gasteiger partial charge on any atom is -0.397 e. The lowest BCUT2D eigenvalue weighted by molar-refractivity contribution is 0.584. The van der Waals surface area contributed by atoms with Crippen LogP contribution in [0.25, 0.3) is 11.1 Å². The zero-order valence-electron chi connectivity index (χ0n) is 13.2. The van der Waals surface area contributed by atoms with Gasteiger partial charge in [-0.1, -0.05) is 18.2 Å². The van der Waals surface area contributed by atoms with Crippen LogP contribution in [0, 0.1) is 5.95 Å². The van der Waals surface area contributed by atoms with E-state index in [1.807, 2.05) is 30.3 Å². The summed E-state index contributed by atoms with van der Waals surface area (Å²) < 4.78 is 13.0. The molecule has 3 N–H and O–H groups in total. The van der Waals surface area contributed by atoms with E-state index in [1.54, 1.807) is 6.07 Å². The molecule has 1 heterocycles. The van der Waals surface area contributed by atoms with Gasteiger partial charge in [-0.05, 0) is 66.3 Å². The molecule has 1 aliphatic rings. The van der Waals surface area contributed by atoms with E-state index in [9.17, 15) is 4.39 Å². The molecule has 4 rings (SSSR count). The number of rotatable bonds is 4. The predicted molar refractivity (Wildman–Crippen MR) is 95.7 cm³/mol. The number of benzene rings is 2. The fourth-order valence-electron chi connectivity index (χ4n) is 2.84. The number of nitrogen functional groups attached to an aromatic ring is 1. The number of pyridine rings is 1. The molecule has 120 valence electrons. The molecule has 0 amide bonds. The van der Waals surface area contributed by atoms with E-state index in [2.05, 4.69) is 22.4 Å². The number of nitrogens with two attached hydrogens (primary N) is 1. The van der Waals surface area contributed by atoms with Gasteiger partial charge in [-0.15, -0.1) is 0 Å². The van der Waals surface area contributed by atoms with E-state index in [-0.39, 0.29) is 0 Å². The van der Waals surface area contributed by atoms with Crippen LogP contribution >= 0.6 is 0 Å². The van der Waals surface area contributed by atoms with Crippen molar-refractivity contribution in [3.8, 4) is 11.1 Å². The van der Waals surface area contributed by atoms with E-state index in [4.69, 9.17) is 5.73 Å². The Kier molecular flexibility index (Phi) is 3.65. The molecule has 0 saturated heterocycles. The molecule has 1 saturated carbocycles. The van der Waals surface area contributed by atoms with Crippen molar-refractivity contribution in [3.63, 3.8) is 0 Å². The molecular formula is C20H18FN3. The quantitative estimate of drug-likeness (QED) is 0.520. The van der Waals surface area contributed by atoms with Crippen LogP contribution in [-0.4, -0.2) is 4.98 Å². The van der Waals surface area contributed by atoms with E-state index in [1.165, 1.54) is 30.7 Å². The van der Waals surface area contributed by atoms with E-state index >= 15 is 0 Å². The van der Waals surface area contributed by atoms with Crippen molar-refractivity contribution in [3.05, 3.63) is 72.3 Å². The van der Waals surface area contributed by atoms with Gasteiger partial charge < -0.3 is 11.1 Å². The molecule has 1 fully saturated rings. The lowest BCUT2D eigenvalue weighted by Crippen LogP contribution is -1.97. The largest absolute Gasteiger partial charge is 0.397 e. The highest BCUT2D eigenvalue weighted by molar-refractivity contribution is 5.76. The van der Waals surface area contributed by atoms with Gasteiger partial charge in [-0.3, -0.25) is 0 Å². The summed E-state index contributed by atoms with van der Waals surface area (Å²) in [5.41, 5.74) is 11.9. The molecule has 3 nitrogen and oxygen atoms in total. The van der Waals surface area contributed by atoms with Gasteiger partial charge in [0, 0.05) is 17.4 Å². The zero-order valence-corrected chi connectivity index (χ0v) is 13.2. The monoisotopic (exact) mass is 319 g/mol. The molecule has 0 spiro atoms. The summed E-state index contributed by atoms with van der Waals surface area (Å²) in [6.45, 7) is 0. The summed E-state index contributed by atoms with van der Waals surface area (Å²) in [4.78, 5) is 3.71. The Labute approximate surface area is 140 Å². The summed E-state index contributed by atoms with van der Waals surface area (Å²) in [6, 6.07) is 17.2. The van der Waals surface area contributed by atoms with Crippen molar-refractivity contribution < 1.29 is 4.39 Å². The van der Waals surface area contributed by atoms with Crippen molar-refractivity contribution in [1.82, 2.24) is 4.98 Å². The first-order valence-electron chi connectivity index (χ1n) is 8.07. The second kappa shape index (κ2) is 5.96. The van der Waals surface area contributed by atoms with Gasteiger partial charge in [-0.2, -0.15) is 4.39 Å². The Balaban J connectivity index is 1.58. The number of hydrogen-bond donors (Lipinski definition) is 2. The van der Waals surface area contributed by atoms with Crippen LogP contribution in [0.5, 0.6) is 0 Å². The van der Waals surface area contributed by atoms with Crippen LogP contribution in [0.1, 0.15) is 24.3 Å². The number of nitrogens with one attached hydrogen (secondary N) is 1. The van der Waals surface area contributed by atoms with Crippen LogP contribution in [0.15, 0.2) is 60.8 Å². The average Bonchev–Trinajstić information content (AvgIpc) is 3.43. The van der Waals surface area contributed by atoms with Crippen LogP contribution in [-0.2, 0) is 0 Å². The van der Waals surface area contributed by atoms with Gasteiger partial charge in [0.05, 0.1) is 11.4 Å². The van der Waals surface area contributed by atoms with Gasteiger partial charge >= 0.3 is 0 Å². The molecular weight excluding hydrogens is 301 g/mol. The summed E-state index contributed by atoms with van der Waals surface area (Å²) in [7, 11) is 0. The molecule has 3 aromatic rings. The maximum Gasteiger partial charge on any atom is 0.212 e. The number of nitrogens with zero attached hydrogens (tertiary/aromatic N) is 1. The Morgan fingerprint density at radius 3 is 2.58 bits per heavy atom. The summed E-state index contributed by atoms with van der Waals surface area (Å²) >= 11 is 0. The van der Waals surface area contributed by atoms with Crippen LogP contribution < -0.4 is 11.1 Å². The molecule has 0 atom stereocenters. The first kappa shape index (κ1) is 14.7. The van der Waals surface area contributed by atoms with Crippen LogP contribution in [0.3, 0.4) is 0 Å². The topological polar surface area (TPSA) is 50.9 Å². The molecule has 0 aliphatic heterocycles. The van der Waals surface area contributed by atoms with E-state index in [0.717, 1.165) is 28.2 Å². The van der Waals surface area contributed by atoms with E-state index in [0.29, 0.717) is 5.92 Å². The molecule has 0 radical (unpaired) electrons. The summed E-state index contributed by atoms with van der Waals surface area (Å²) in [5, 5.41) is 3.36. The maximum atomic E-state index is 13.0. The predicted octanol–water partition coefficient (Wildman–Crippen LogP) is 5.09. The fraction of sp³-hybridized carbons (Fsp3) is 0.150. The fourth-order valence-corrected chi connectivity index (χ4v) is 2.84. The molecule has 0 bridgehead atoms. The van der Waals surface area contributed by atoms with Gasteiger partial charge in [-0.25, -0.2) is 4.98 Å². The normalized spacial score (nSPS) is 13.7. The number of aromatic nitrogens is 1. The number of halogens is 1. The van der Waals surface area contributed by atoms with Crippen molar-refractivity contribution in [2.75, 3.05) is 11.1 Å². The highest BCUT2D eigenvalue weighted by Gasteiger charge is 2.23. The highest BCUT2D eigenvalue weighted by atomic mass is 19.1. The third-order valence-corrected chi connectivity index (χ3v) is 4.33. The van der Waals surface area contributed by atoms with E-state index < -0.39 is 5.95 Å². The van der Waals surface area contributed by atoms with Crippen molar-refractivity contribution >= 4 is 17.1 Å². The lowest BCUT2D eigenvalue weighted by atomic mass is 10.1. The minimum atomic E-state index is -0.475. The average molecular weight is 319 g/mol. The van der Waals surface area contributed by atoms with Gasteiger partial charge in [0.25, 0.3) is 0 Å². The molecule has 4 heteroatoms. The summed E-state index contributed by atoms with van der Waals surface area (Å²) in [6.07, 6.45) is 4.06. The molecule has 1 aliphatic carbocycles. The highest BCUT2D eigenvalue weighted by Crippen LogP contribution is 2.41. The van der Waals surface area contributed by atoms with Gasteiger partial charge in [0.15, 0.2) is 0 Å². The third-order valence-electron chi connectivity index (χ3n) is 4.33. The van der Waals surface area contributed by atoms with Crippen molar-refractivity contribution in [2.45, 2.75) is 18.8 Å². The molecule has 0 unspecified atom stereocenters. The molecule has 2 aromatic carbocycles. The first-order valence-corrected chi connectivity index (χ1v) is 8.07. The Morgan fingerprint density at radius 2 is 1.88 bits per heavy atom. The van der Waals surface area contributed by atoms with Crippen LogP contribution in [0.4, 0.5) is 21.5 Å². The third kappa shape index (κ3) is 3.08. The number of anilines is 3. The van der Waals surface area contributed by atoms with Crippen molar-refractivity contribution in [1.29, 1.82) is 0 Å².